The number of benzene rings is 1. The van der Waals surface area contributed by atoms with Crippen molar-refractivity contribution in [3.63, 3.8) is 0 Å². The van der Waals surface area contributed by atoms with Crippen molar-refractivity contribution >= 4 is 35.2 Å². The number of likely N-dealkylation sites (tertiary alicyclic amines) is 1. The van der Waals surface area contributed by atoms with Gasteiger partial charge in [0.05, 0.1) is 15.5 Å². The summed E-state index contributed by atoms with van der Waals surface area (Å²) in [6.45, 7) is 4.47. The molecule has 0 atom stereocenters. The molecule has 1 aromatic rings. The van der Waals surface area contributed by atoms with E-state index in [1.807, 2.05) is 39.8 Å². The van der Waals surface area contributed by atoms with Gasteiger partial charge in [-0.3, -0.25) is 9.59 Å². The molecule has 2 heterocycles. The molecule has 2 amide bonds. The number of rotatable bonds is 9. The molecule has 1 aromatic carbocycles. The number of nitrogens with zero attached hydrogens (tertiary/aromatic N) is 2. The van der Waals surface area contributed by atoms with Crippen LogP contribution in [0.4, 0.5) is 0 Å². The smallest absolute Gasteiger partial charge is 0.256 e. The van der Waals surface area contributed by atoms with Crippen LogP contribution in [0.2, 0.25) is 5.02 Å². The maximum atomic E-state index is 13.2. The van der Waals surface area contributed by atoms with E-state index in [0.29, 0.717) is 17.0 Å². The standard InChI is InChI=1S/C24H35ClN2O2S/c1-2-3-4-5-6-7-8-13-22(28)26-16-14-24(15-17-26)27(18-19-30-24)23(29)20-11-9-10-12-21(20)25/h9-12H,2-8,13-19H2,1H3. The zero-order valence-corrected chi connectivity index (χ0v) is 19.8. The molecule has 2 fully saturated rings. The molecule has 166 valence electrons. The predicted molar refractivity (Wildman–Crippen MR) is 126 cm³/mol. The van der Waals surface area contributed by atoms with Gasteiger partial charge in [0.1, 0.15) is 0 Å². The summed E-state index contributed by atoms with van der Waals surface area (Å²) in [6, 6.07) is 7.29. The van der Waals surface area contributed by atoms with E-state index < -0.39 is 0 Å². The molecule has 0 unspecified atom stereocenters. The average molecular weight is 451 g/mol. The number of carbonyl (C=O) groups is 2. The van der Waals surface area contributed by atoms with Crippen molar-refractivity contribution in [1.29, 1.82) is 0 Å². The lowest BCUT2D eigenvalue weighted by molar-refractivity contribution is -0.132. The van der Waals surface area contributed by atoms with E-state index in [4.69, 9.17) is 11.6 Å². The molecule has 2 saturated heterocycles. The van der Waals surface area contributed by atoms with Crippen LogP contribution in [0.25, 0.3) is 0 Å². The summed E-state index contributed by atoms with van der Waals surface area (Å²) >= 11 is 8.15. The zero-order valence-electron chi connectivity index (χ0n) is 18.2. The van der Waals surface area contributed by atoms with Crippen molar-refractivity contribution in [2.45, 2.75) is 76.0 Å². The third-order valence-corrected chi connectivity index (χ3v) is 8.30. The molecular formula is C24H35ClN2O2S. The molecule has 2 aliphatic heterocycles. The number of halogens is 1. The Bertz CT molecular complexity index is 719. The minimum atomic E-state index is -0.188. The van der Waals surface area contributed by atoms with Crippen LogP contribution in [0.15, 0.2) is 24.3 Å². The fourth-order valence-corrected chi connectivity index (χ4v) is 6.26. The lowest BCUT2D eigenvalue weighted by Gasteiger charge is -2.44. The molecule has 0 radical (unpaired) electrons. The van der Waals surface area contributed by atoms with E-state index in [2.05, 4.69) is 6.92 Å². The Morgan fingerprint density at radius 3 is 2.37 bits per heavy atom. The Morgan fingerprint density at radius 1 is 1.00 bits per heavy atom. The Labute approximate surface area is 190 Å². The number of amides is 2. The van der Waals surface area contributed by atoms with Gasteiger partial charge < -0.3 is 9.80 Å². The summed E-state index contributed by atoms with van der Waals surface area (Å²) in [5, 5.41) is 0.511. The second kappa shape index (κ2) is 11.4. The average Bonchev–Trinajstić information content (AvgIpc) is 3.16. The number of hydrogen-bond acceptors (Lipinski definition) is 3. The van der Waals surface area contributed by atoms with Crippen molar-refractivity contribution in [3.05, 3.63) is 34.9 Å². The summed E-state index contributed by atoms with van der Waals surface area (Å²) in [5.74, 6) is 1.25. The highest BCUT2D eigenvalue weighted by atomic mass is 35.5. The molecule has 0 bridgehead atoms. The number of thioether (sulfide) groups is 1. The minimum Gasteiger partial charge on any atom is -0.342 e. The van der Waals surface area contributed by atoms with Gasteiger partial charge in [-0.15, -0.1) is 11.8 Å². The minimum absolute atomic E-state index is 0.0217. The summed E-state index contributed by atoms with van der Waals surface area (Å²) in [7, 11) is 0. The Hall–Kier alpha value is -1.20. The lowest BCUT2D eigenvalue weighted by Crippen LogP contribution is -2.53. The predicted octanol–water partition coefficient (Wildman–Crippen LogP) is 5.99. The number of unbranched alkanes of at least 4 members (excludes halogenated alkanes) is 6. The summed E-state index contributed by atoms with van der Waals surface area (Å²) in [4.78, 5) is 29.6. The first-order valence-electron chi connectivity index (χ1n) is 11.6. The van der Waals surface area contributed by atoms with Gasteiger partial charge in [-0.1, -0.05) is 69.2 Å². The first-order chi connectivity index (χ1) is 14.6. The Kier molecular flexibility index (Phi) is 8.94. The molecule has 3 rings (SSSR count). The quantitative estimate of drug-likeness (QED) is 0.434. The number of carbonyl (C=O) groups excluding carboxylic acids is 2. The second-order valence-corrected chi connectivity index (χ2v) is 10.3. The normalized spacial score (nSPS) is 18.2. The summed E-state index contributed by atoms with van der Waals surface area (Å²) < 4.78 is 0. The molecule has 0 aromatic heterocycles. The van der Waals surface area contributed by atoms with Crippen LogP contribution in [-0.2, 0) is 4.79 Å². The van der Waals surface area contributed by atoms with Gasteiger partial charge >= 0.3 is 0 Å². The highest BCUT2D eigenvalue weighted by Crippen LogP contribution is 2.45. The molecule has 6 heteroatoms. The monoisotopic (exact) mass is 450 g/mol. The van der Waals surface area contributed by atoms with Gasteiger partial charge in [0.15, 0.2) is 0 Å². The van der Waals surface area contributed by atoms with Gasteiger partial charge in [-0.05, 0) is 31.4 Å². The van der Waals surface area contributed by atoms with Crippen molar-refractivity contribution in [1.82, 2.24) is 9.80 Å². The number of hydrogen-bond donors (Lipinski definition) is 0. The molecule has 1 spiro atoms. The van der Waals surface area contributed by atoms with Crippen LogP contribution in [0.5, 0.6) is 0 Å². The third-order valence-electron chi connectivity index (χ3n) is 6.42. The van der Waals surface area contributed by atoms with Gasteiger partial charge in [0.2, 0.25) is 5.91 Å². The van der Waals surface area contributed by atoms with E-state index in [1.54, 1.807) is 6.07 Å². The SMILES string of the molecule is CCCCCCCCCC(=O)N1CCC2(CC1)SCCN2C(=O)c1ccccc1Cl. The van der Waals surface area contributed by atoms with Crippen molar-refractivity contribution in [2.75, 3.05) is 25.4 Å². The molecule has 4 nitrogen and oxygen atoms in total. The first kappa shape index (κ1) is 23.5. The van der Waals surface area contributed by atoms with E-state index in [-0.39, 0.29) is 16.7 Å². The molecular weight excluding hydrogens is 416 g/mol. The van der Waals surface area contributed by atoms with Crippen molar-refractivity contribution in [3.8, 4) is 0 Å². The van der Waals surface area contributed by atoms with Crippen LogP contribution in [0, 0.1) is 0 Å². The number of piperidine rings is 1. The largest absolute Gasteiger partial charge is 0.342 e. The molecule has 0 N–H and O–H groups in total. The van der Waals surface area contributed by atoms with Gasteiger partial charge in [0.25, 0.3) is 5.91 Å². The lowest BCUT2D eigenvalue weighted by atomic mass is 10.00. The summed E-state index contributed by atoms with van der Waals surface area (Å²) in [5.41, 5.74) is 0.582. The maximum absolute atomic E-state index is 13.2. The van der Waals surface area contributed by atoms with Crippen LogP contribution in [0.1, 0.15) is 81.5 Å². The topological polar surface area (TPSA) is 40.6 Å². The van der Waals surface area contributed by atoms with Crippen LogP contribution >= 0.6 is 23.4 Å². The highest BCUT2D eigenvalue weighted by molar-refractivity contribution is 8.00. The Morgan fingerprint density at radius 2 is 1.67 bits per heavy atom. The van der Waals surface area contributed by atoms with Crippen molar-refractivity contribution in [2.24, 2.45) is 0 Å². The summed E-state index contributed by atoms with van der Waals surface area (Å²) in [6.07, 6.45) is 11.0. The van der Waals surface area contributed by atoms with E-state index in [1.165, 1.54) is 32.1 Å². The maximum Gasteiger partial charge on any atom is 0.256 e. The van der Waals surface area contributed by atoms with Crippen molar-refractivity contribution < 1.29 is 9.59 Å². The van der Waals surface area contributed by atoms with Gasteiger partial charge in [-0.2, -0.15) is 0 Å². The van der Waals surface area contributed by atoms with Gasteiger partial charge in [-0.25, -0.2) is 0 Å². The molecule has 30 heavy (non-hydrogen) atoms. The zero-order chi connectivity index (χ0) is 21.4. The van der Waals surface area contributed by atoms with Crippen LogP contribution < -0.4 is 0 Å². The van der Waals surface area contributed by atoms with Gasteiger partial charge in [0, 0.05) is 31.8 Å². The molecule has 2 aliphatic rings. The van der Waals surface area contributed by atoms with E-state index in [9.17, 15) is 9.59 Å². The van der Waals surface area contributed by atoms with Crippen LogP contribution in [-0.4, -0.2) is 51.9 Å². The van der Waals surface area contributed by atoms with Crippen LogP contribution in [0.3, 0.4) is 0 Å². The van der Waals surface area contributed by atoms with E-state index >= 15 is 0 Å². The molecule has 0 aliphatic carbocycles. The van der Waals surface area contributed by atoms with E-state index in [0.717, 1.165) is 51.1 Å². The highest BCUT2D eigenvalue weighted by Gasteiger charge is 2.47. The molecule has 0 saturated carbocycles. The fraction of sp³-hybridized carbons (Fsp3) is 0.667. The second-order valence-electron chi connectivity index (χ2n) is 8.48. The third kappa shape index (κ3) is 5.73. The fourth-order valence-electron chi connectivity index (χ4n) is 4.59. The first-order valence-corrected chi connectivity index (χ1v) is 12.9. The Balaban J connectivity index is 1.47.